The van der Waals surface area contributed by atoms with Crippen molar-refractivity contribution in [1.82, 2.24) is 18.7 Å². The van der Waals surface area contributed by atoms with Crippen molar-refractivity contribution in [1.29, 1.82) is 0 Å². The predicted molar refractivity (Wildman–Crippen MR) is 359 cm³/mol. The fourth-order valence-electron chi connectivity index (χ4n) is 12.7. The molecule has 0 spiro atoms. The standard InChI is InChI=1S/C82H55N5O.Pt/c1-82(2,3)59-43-44-83-79(49-59)87-75-36-17-14-31-68(75)69-42-40-62(51-78(69)87)88-61-26-18-25-60(50-61)84-52-85-80-70(32-19-37-76(80)84)64-28-11-10-27-63(64)65-41-39-55(58-46-56(53-21-6-4-7-22-53)45-57(47-58)54-23-8-5-9-24-54)48-72(65)71-33-20-38-77(81(71)85)86-73-34-15-12-29-66(73)67-30-13-16-35-74(67)86;/h4-49H,1-3H3;/q-2;/i4D,5D,6D,7D,8D,9D,21D,22D,23D,24D,45D,46D,47D;. The van der Waals surface area contributed by atoms with Crippen molar-refractivity contribution in [2.75, 3.05) is 0 Å². The van der Waals surface area contributed by atoms with Crippen molar-refractivity contribution < 1.29 is 48.2 Å². The van der Waals surface area contributed by atoms with Gasteiger partial charge in [-0.3, -0.25) is 4.57 Å². The van der Waals surface area contributed by atoms with Gasteiger partial charge in [0.15, 0.2) is 0 Å². The fraction of sp³-hybridized carbons (Fsp3) is 0.0488. The molecule has 0 bridgehead atoms. The molecule has 0 N–H and O–H groups in total. The van der Waals surface area contributed by atoms with E-state index in [0.717, 1.165) is 94.0 Å². The number of nitrogens with zero attached hydrogens (tertiary/aromatic N) is 5. The molecule has 0 saturated carbocycles. The molecule has 17 rings (SSSR count). The van der Waals surface area contributed by atoms with Crippen molar-refractivity contribution >= 4 is 54.6 Å². The van der Waals surface area contributed by atoms with E-state index in [2.05, 4.69) is 126 Å². The summed E-state index contributed by atoms with van der Waals surface area (Å²) >= 11 is 0. The normalized spacial score (nSPS) is 13.9. The molecule has 6 nitrogen and oxygen atoms in total. The van der Waals surface area contributed by atoms with Crippen LogP contribution >= 0.6 is 0 Å². The molecule has 1 aliphatic heterocycles. The summed E-state index contributed by atoms with van der Waals surface area (Å²) in [7, 11) is 0. The number of ether oxygens (including phenoxy) is 1. The van der Waals surface area contributed by atoms with Gasteiger partial charge in [0.25, 0.3) is 6.33 Å². The second-order valence-corrected chi connectivity index (χ2v) is 22.9. The van der Waals surface area contributed by atoms with Crippen LogP contribution < -0.4 is 9.30 Å². The maximum absolute atomic E-state index is 10.2. The Bertz CT molecular complexity index is 6100. The SMILES string of the molecule is [2H]c1c([2H])c([2H])c(-c2c([2H])c(-c3ccc4c(c3)-c3cccc(-n5c6ccccc6c6ccccc65)c3-[n+]3[c-]n(-c5[c-]c(Oc6[c-]c7c(cc6)c6ccccc6n7-c6cc(C(C)(C)C)ccn6)ccc5)c5cccc(c53)-c3ccccc3-4)c([2H])c(-c3c([2H])c([2H])c([2H])c([2H])c3[2H])c2[2H])c([2H])c1[2H].[Pt]. The molecule has 0 aliphatic carbocycles. The van der Waals surface area contributed by atoms with Crippen LogP contribution in [-0.2, 0) is 26.5 Å². The first-order valence-electron chi connectivity index (χ1n) is 35.5. The molecule has 7 heteroatoms. The molecule has 4 aromatic heterocycles. The van der Waals surface area contributed by atoms with Gasteiger partial charge >= 0.3 is 0 Å². The maximum Gasteiger partial charge on any atom is 0.268 e. The minimum absolute atomic E-state index is 0. The van der Waals surface area contributed by atoms with Crippen LogP contribution in [0.15, 0.2) is 279 Å². The third-order valence-electron chi connectivity index (χ3n) is 16.7. The summed E-state index contributed by atoms with van der Waals surface area (Å²) in [6.07, 6.45) is 5.73. The van der Waals surface area contributed by atoms with E-state index >= 15 is 0 Å². The summed E-state index contributed by atoms with van der Waals surface area (Å²) in [5, 5.41) is 4.07. The Morgan fingerprint density at radius 3 is 1.69 bits per heavy atom. The fourth-order valence-corrected chi connectivity index (χ4v) is 12.7. The number of para-hydroxylation sites is 5. The quantitative estimate of drug-likeness (QED) is 0.112. The minimum atomic E-state index is -0.742. The van der Waals surface area contributed by atoms with Crippen molar-refractivity contribution in [2.45, 2.75) is 26.2 Å². The molecule has 0 fully saturated rings. The van der Waals surface area contributed by atoms with Gasteiger partial charge in [-0.1, -0.05) is 208 Å². The zero-order valence-corrected chi connectivity index (χ0v) is 50.3. The molecule has 1 aliphatic rings. The second-order valence-electron chi connectivity index (χ2n) is 22.9. The second kappa shape index (κ2) is 21.3. The predicted octanol–water partition coefficient (Wildman–Crippen LogP) is 20.3. The number of fused-ring (bicyclic) bond motifs is 13. The van der Waals surface area contributed by atoms with E-state index in [0.29, 0.717) is 34.0 Å². The Morgan fingerprint density at radius 1 is 0.449 bits per heavy atom. The summed E-state index contributed by atoms with van der Waals surface area (Å²) in [5.41, 5.74) is 10.6. The van der Waals surface area contributed by atoms with Crippen LogP contribution in [0.3, 0.4) is 0 Å². The number of imidazole rings is 1. The molecule has 0 unspecified atom stereocenters. The number of rotatable bonds is 8. The summed E-state index contributed by atoms with van der Waals surface area (Å²) in [4.78, 5) is 4.89. The summed E-state index contributed by atoms with van der Waals surface area (Å²) in [6.45, 7) is 6.55. The van der Waals surface area contributed by atoms with Crippen molar-refractivity contribution in [3.63, 3.8) is 0 Å². The minimum Gasteiger partial charge on any atom is -0.510 e. The molecular weight excluding hydrogens is 1270 g/mol. The van der Waals surface area contributed by atoms with E-state index in [1.165, 1.54) is 0 Å². The van der Waals surface area contributed by atoms with E-state index in [4.69, 9.17) is 17.9 Å². The largest absolute Gasteiger partial charge is 0.510 e. The first kappa shape index (κ1) is 41.4. The zero-order chi connectivity index (χ0) is 69.9. The van der Waals surface area contributed by atoms with Gasteiger partial charge in [-0.05, 0) is 149 Å². The van der Waals surface area contributed by atoms with Gasteiger partial charge in [-0.15, -0.1) is 29.7 Å². The Hall–Kier alpha value is -10.7. The summed E-state index contributed by atoms with van der Waals surface area (Å²) in [6, 6.07) is 62.3. The zero-order valence-electron chi connectivity index (χ0n) is 61.0. The van der Waals surface area contributed by atoms with E-state index in [9.17, 15) is 9.60 Å². The molecule has 0 atom stereocenters. The Labute approximate surface area is 549 Å². The van der Waals surface area contributed by atoms with Gasteiger partial charge in [0.2, 0.25) is 0 Å². The van der Waals surface area contributed by atoms with Crippen LogP contribution in [0.1, 0.15) is 44.2 Å². The van der Waals surface area contributed by atoms with Crippen molar-refractivity contribution in [2.24, 2.45) is 0 Å². The van der Waals surface area contributed by atoms with Gasteiger partial charge in [0.05, 0.1) is 51.3 Å². The summed E-state index contributed by atoms with van der Waals surface area (Å²) in [5.74, 6) is 1.64. The molecule has 16 aromatic rings. The third kappa shape index (κ3) is 8.96. The van der Waals surface area contributed by atoms with Gasteiger partial charge in [0, 0.05) is 55.1 Å². The van der Waals surface area contributed by atoms with Crippen LogP contribution in [0, 0.1) is 18.5 Å². The first-order chi connectivity index (χ1) is 48.7. The molecule has 0 amide bonds. The van der Waals surface area contributed by atoms with Gasteiger partial charge in [0.1, 0.15) is 5.82 Å². The van der Waals surface area contributed by atoms with E-state index in [1.54, 1.807) is 6.07 Å². The smallest absolute Gasteiger partial charge is 0.268 e. The third-order valence-corrected chi connectivity index (χ3v) is 16.7. The number of hydrogen-bond donors (Lipinski definition) is 0. The van der Waals surface area contributed by atoms with E-state index in [1.807, 2.05) is 126 Å². The van der Waals surface area contributed by atoms with Crippen LogP contribution in [0.4, 0.5) is 0 Å². The number of benzene rings is 12. The van der Waals surface area contributed by atoms with Crippen LogP contribution in [0.5, 0.6) is 11.5 Å². The van der Waals surface area contributed by atoms with E-state index in [-0.39, 0.29) is 37.6 Å². The average Bonchev–Trinajstić information content (AvgIpc) is 1.18. The maximum atomic E-state index is 10.2. The Kier molecular flexibility index (Phi) is 9.94. The number of aromatic nitrogens is 5. The van der Waals surface area contributed by atoms with E-state index < -0.39 is 101 Å². The molecule has 0 radical (unpaired) electrons. The van der Waals surface area contributed by atoms with Gasteiger partial charge in [-0.2, -0.15) is 18.2 Å². The number of pyridine rings is 1. The van der Waals surface area contributed by atoms with Crippen LogP contribution in [0.25, 0.3) is 144 Å². The van der Waals surface area contributed by atoms with Crippen molar-refractivity contribution in [3.05, 3.63) is 303 Å². The molecule has 89 heavy (non-hydrogen) atoms. The Balaban J connectivity index is 0.00000805. The van der Waals surface area contributed by atoms with Crippen LogP contribution in [0.2, 0.25) is 0 Å². The number of hydrogen-bond acceptors (Lipinski definition) is 2. The molecule has 426 valence electrons. The van der Waals surface area contributed by atoms with Crippen LogP contribution in [-0.4, -0.2) is 18.7 Å². The molecule has 0 saturated heterocycles. The average molecular weight is 1330 g/mol. The van der Waals surface area contributed by atoms with Gasteiger partial charge < -0.3 is 18.4 Å². The topological polar surface area (TPSA) is 40.8 Å². The van der Waals surface area contributed by atoms with Gasteiger partial charge in [-0.25, -0.2) is 4.98 Å². The Morgan fingerprint density at radius 2 is 1.00 bits per heavy atom. The molecule has 5 heterocycles. The van der Waals surface area contributed by atoms with Crippen molar-refractivity contribution in [3.8, 4) is 101 Å². The monoisotopic (exact) mass is 1330 g/mol. The molecular formula is C82H55N5OPt-2. The first-order valence-corrected chi connectivity index (χ1v) is 29.0. The summed E-state index contributed by atoms with van der Waals surface area (Å²) < 4.78 is 134. The molecule has 12 aromatic carbocycles.